The fourth-order valence-electron chi connectivity index (χ4n) is 1.59. The molecule has 7 nitrogen and oxygen atoms in total. The van der Waals surface area contributed by atoms with Gasteiger partial charge < -0.3 is 10.4 Å². The van der Waals surface area contributed by atoms with Crippen LogP contribution in [0.4, 0.5) is 5.82 Å². The number of aromatic nitrogens is 4. The molecule has 0 fully saturated rings. The maximum Gasteiger partial charge on any atom is 0.305 e. The molecule has 0 bridgehead atoms. The zero-order valence-electron chi connectivity index (χ0n) is 9.58. The predicted molar refractivity (Wildman–Crippen MR) is 60.9 cm³/mol. The first kappa shape index (κ1) is 11.3. The normalized spacial score (nSPS) is 12.6. The summed E-state index contributed by atoms with van der Waals surface area (Å²) in [6.07, 6.45) is 3.41. The number of carboxylic acid groups (broad SMARTS) is 1. The number of rotatable bonds is 4. The van der Waals surface area contributed by atoms with Crippen LogP contribution in [0.15, 0.2) is 12.4 Å². The van der Waals surface area contributed by atoms with Gasteiger partial charge in [0.05, 0.1) is 6.42 Å². The Morgan fingerprint density at radius 2 is 2.35 bits per heavy atom. The lowest BCUT2D eigenvalue weighted by Crippen LogP contribution is -2.20. The topological polar surface area (TPSA) is 92.4 Å². The number of aryl methyl sites for hydroxylation is 1. The molecule has 0 saturated heterocycles. The molecule has 0 aliphatic heterocycles. The molecule has 1 atom stereocenters. The van der Waals surface area contributed by atoms with Crippen molar-refractivity contribution in [2.75, 3.05) is 5.32 Å². The summed E-state index contributed by atoms with van der Waals surface area (Å²) in [5.74, 6) is 0.452. The first-order valence-corrected chi connectivity index (χ1v) is 5.22. The summed E-state index contributed by atoms with van der Waals surface area (Å²) in [4.78, 5) is 14.7. The van der Waals surface area contributed by atoms with Crippen molar-refractivity contribution in [1.29, 1.82) is 0 Å². The summed E-state index contributed by atoms with van der Waals surface area (Å²) >= 11 is 0. The Hall–Kier alpha value is -2.18. The van der Waals surface area contributed by atoms with Gasteiger partial charge in [-0.15, -0.1) is 10.2 Å². The van der Waals surface area contributed by atoms with Crippen LogP contribution in [0.25, 0.3) is 5.65 Å². The Bertz CT molecular complexity index is 551. The summed E-state index contributed by atoms with van der Waals surface area (Å²) < 4.78 is 1.79. The number of fused-ring (bicyclic) bond motifs is 1. The first-order chi connectivity index (χ1) is 8.08. The minimum absolute atomic E-state index is 0.0237. The standard InChI is InChI=1S/C10H13N5O2/c1-6(5-8(16)17)12-9-10-14-13-7(2)15(10)4-3-11-9/h3-4,6H,5H2,1-2H3,(H,11,12)(H,16,17). The smallest absolute Gasteiger partial charge is 0.305 e. The lowest BCUT2D eigenvalue weighted by molar-refractivity contribution is -0.137. The van der Waals surface area contributed by atoms with E-state index in [0.717, 1.165) is 5.82 Å². The molecule has 0 aliphatic carbocycles. The molecule has 0 amide bonds. The highest BCUT2D eigenvalue weighted by Gasteiger charge is 2.12. The molecular formula is C10H13N5O2. The van der Waals surface area contributed by atoms with E-state index in [1.807, 2.05) is 6.92 Å². The molecule has 2 rings (SSSR count). The molecule has 0 saturated carbocycles. The Morgan fingerprint density at radius 1 is 1.59 bits per heavy atom. The quantitative estimate of drug-likeness (QED) is 0.810. The third-order valence-electron chi connectivity index (χ3n) is 2.36. The molecule has 7 heteroatoms. The van der Waals surface area contributed by atoms with Gasteiger partial charge in [0.25, 0.3) is 0 Å². The molecule has 0 aliphatic rings. The SMILES string of the molecule is Cc1nnc2c(NC(C)CC(=O)O)nccn12. The van der Waals surface area contributed by atoms with Crippen molar-refractivity contribution in [3.63, 3.8) is 0 Å². The molecule has 1 unspecified atom stereocenters. The Balaban J connectivity index is 2.27. The van der Waals surface area contributed by atoms with E-state index in [1.165, 1.54) is 0 Å². The number of carboxylic acids is 1. The van der Waals surface area contributed by atoms with Crippen LogP contribution >= 0.6 is 0 Å². The molecule has 2 N–H and O–H groups in total. The van der Waals surface area contributed by atoms with Crippen LogP contribution in [0.5, 0.6) is 0 Å². The summed E-state index contributed by atoms with van der Waals surface area (Å²) in [6.45, 7) is 3.62. The van der Waals surface area contributed by atoms with Crippen LogP contribution in [0.2, 0.25) is 0 Å². The number of carbonyl (C=O) groups is 1. The Kier molecular flexibility index (Phi) is 2.90. The fraction of sp³-hybridized carbons (Fsp3) is 0.400. The van der Waals surface area contributed by atoms with Crippen molar-refractivity contribution >= 4 is 17.4 Å². The van der Waals surface area contributed by atoms with Crippen molar-refractivity contribution in [3.05, 3.63) is 18.2 Å². The minimum atomic E-state index is -0.852. The molecule has 17 heavy (non-hydrogen) atoms. The van der Waals surface area contributed by atoms with E-state index in [4.69, 9.17) is 5.11 Å². The molecular weight excluding hydrogens is 222 g/mol. The second-order valence-corrected chi connectivity index (χ2v) is 3.86. The monoisotopic (exact) mass is 235 g/mol. The largest absolute Gasteiger partial charge is 0.481 e. The van der Waals surface area contributed by atoms with E-state index < -0.39 is 5.97 Å². The zero-order valence-corrected chi connectivity index (χ0v) is 9.58. The molecule has 0 radical (unpaired) electrons. The third-order valence-corrected chi connectivity index (χ3v) is 2.36. The van der Waals surface area contributed by atoms with Gasteiger partial charge in [0.2, 0.25) is 5.65 Å². The zero-order chi connectivity index (χ0) is 12.4. The van der Waals surface area contributed by atoms with Gasteiger partial charge in [-0.05, 0) is 13.8 Å². The Labute approximate surface area is 97.5 Å². The van der Waals surface area contributed by atoms with Crippen molar-refractivity contribution in [2.24, 2.45) is 0 Å². The molecule has 2 aromatic heterocycles. The van der Waals surface area contributed by atoms with E-state index >= 15 is 0 Å². The van der Waals surface area contributed by atoms with E-state index in [2.05, 4.69) is 20.5 Å². The van der Waals surface area contributed by atoms with Gasteiger partial charge in [0, 0.05) is 18.4 Å². The van der Waals surface area contributed by atoms with E-state index in [-0.39, 0.29) is 12.5 Å². The second-order valence-electron chi connectivity index (χ2n) is 3.86. The van der Waals surface area contributed by atoms with Gasteiger partial charge in [-0.3, -0.25) is 9.20 Å². The summed E-state index contributed by atoms with van der Waals surface area (Å²) in [6, 6.07) is -0.219. The minimum Gasteiger partial charge on any atom is -0.481 e. The lowest BCUT2D eigenvalue weighted by Gasteiger charge is -2.12. The van der Waals surface area contributed by atoms with Gasteiger partial charge >= 0.3 is 5.97 Å². The van der Waals surface area contributed by atoms with Gasteiger partial charge in [0.15, 0.2) is 5.82 Å². The molecule has 90 valence electrons. The van der Waals surface area contributed by atoms with Gasteiger partial charge in [-0.2, -0.15) is 0 Å². The summed E-state index contributed by atoms with van der Waals surface area (Å²) in [5, 5.41) is 19.6. The molecule has 0 spiro atoms. The molecule has 2 aromatic rings. The average Bonchev–Trinajstić information content (AvgIpc) is 2.61. The number of hydrogen-bond acceptors (Lipinski definition) is 5. The predicted octanol–water partition coefficient (Wildman–Crippen LogP) is 0.708. The maximum atomic E-state index is 10.6. The highest BCUT2D eigenvalue weighted by Crippen LogP contribution is 2.13. The molecule has 0 aromatic carbocycles. The van der Waals surface area contributed by atoms with Crippen LogP contribution in [-0.4, -0.2) is 36.7 Å². The average molecular weight is 235 g/mol. The van der Waals surface area contributed by atoms with Crippen molar-refractivity contribution < 1.29 is 9.90 Å². The first-order valence-electron chi connectivity index (χ1n) is 5.22. The number of nitrogens with zero attached hydrogens (tertiary/aromatic N) is 4. The highest BCUT2D eigenvalue weighted by atomic mass is 16.4. The molecule has 2 heterocycles. The lowest BCUT2D eigenvalue weighted by atomic mass is 10.2. The van der Waals surface area contributed by atoms with Gasteiger partial charge in [0.1, 0.15) is 5.82 Å². The number of hydrogen-bond donors (Lipinski definition) is 2. The third kappa shape index (κ3) is 2.32. The van der Waals surface area contributed by atoms with Gasteiger partial charge in [-0.25, -0.2) is 4.98 Å². The van der Waals surface area contributed by atoms with Crippen LogP contribution in [0.3, 0.4) is 0 Å². The van der Waals surface area contributed by atoms with Gasteiger partial charge in [-0.1, -0.05) is 0 Å². The highest BCUT2D eigenvalue weighted by molar-refractivity contribution is 5.69. The fourth-order valence-corrected chi connectivity index (χ4v) is 1.59. The van der Waals surface area contributed by atoms with E-state index in [9.17, 15) is 4.79 Å². The summed E-state index contributed by atoms with van der Waals surface area (Å²) in [5.41, 5.74) is 0.599. The van der Waals surface area contributed by atoms with Crippen LogP contribution in [0.1, 0.15) is 19.2 Å². The number of nitrogens with one attached hydrogen (secondary N) is 1. The maximum absolute atomic E-state index is 10.6. The Morgan fingerprint density at radius 3 is 3.06 bits per heavy atom. The van der Waals surface area contributed by atoms with Crippen molar-refractivity contribution in [1.82, 2.24) is 19.6 Å². The number of aliphatic carboxylic acids is 1. The van der Waals surface area contributed by atoms with Crippen LogP contribution in [-0.2, 0) is 4.79 Å². The van der Waals surface area contributed by atoms with Crippen LogP contribution < -0.4 is 5.32 Å². The van der Waals surface area contributed by atoms with Crippen molar-refractivity contribution in [3.8, 4) is 0 Å². The van der Waals surface area contributed by atoms with E-state index in [1.54, 1.807) is 23.7 Å². The number of anilines is 1. The van der Waals surface area contributed by atoms with Crippen molar-refractivity contribution in [2.45, 2.75) is 26.3 Å². The second kappa shape index (κ2) is 4.36. The van der Waals surface area contributed by atoms with E-state index in [0.29, 0.717) is 11.5 Å². The summed E-state index contributed by atoms with van der Waals surface area (Å²) in [7, 11) is 0. The van der Waals surface area contributed by atoms with Crippen LogP contribution in [0, 0.1) is 6.92 Å².